The third-order valence-electron chi connectivity index (χ3n) is 4.75. The number of carbonyl (C=O) groups is 4. The van der Waals surface area contributed by atoms with Crippen molar-refractivity contribution in [3.05, 3.63) is 32.2 Å². The quantitative estimate of drug-likeness (QED) is 0.0527. The summed E-state index contributed by atoms with van der Waals surface area (Å²) in [6.45, 7) is 0. The van der Waals surface area contributed by atoms with Gasteiger partial charge in [-0.15, -0.1) is 33.3 Å². The average molecular weight is 602 g/mol. The van der Waals surface area contributed by atoms with Gasteiger partial charge in [0.2, 0.25) is 0 Å². The number of thiazole rings is 1. The smallest absolute Gasteiger partial charge is 0.550 e. The van der Waals surface area contributed by atoms with Crippen LogP contribution in [0.2, 0.25) is 0 Å². The number of rotatable bonds is 9. The molecule has 2 aromatic heterocycles. The Morgan fingerprint density at radius 2 is 2.05 bits per heavy atom. The van der Waals surface area contributed by atoms with Gasteiger partial charge in [0, 0.05) is 29.3 Å². The van der Waals surface area contributed by atoms with Crippen molar-refractivity contribution in [2.45, 2.75) is 22.2 Å². The van der Waals surface area contributed by atoms with Crippen molar-refractivity contribution in [3.8, 4) is 0 Å². The average Bonchev–Trinajstić information content (AvgIpc) is 3.43. The number of fused-ring (bicyclic) bond motifs is 1. The van der Waals surface area contributed by atoms with E-state index in [0.29, 0.717) is 9.91 Å². The Morgan fingerprint density at radius 1 is 1.32 bits per heavy atom. The minimum absolute atomic E-state index is 0. The summed E-state index contributed by atoms with van der Waals surface area (Å²) in [6, 6.07) is -1.06. The van der Waals surface area contributed by atoms with Crippen molar-refractivity contribution in [1.29, 1.82) is 5.41 Å². The molecule has 2 atom stereocenters. The molecule has 1 fully saturated rings. The summed E-state index contributed by atoms with van der Waals surface area (Å²) >= 11 is 4.40. The van der Waals surface area contributed by atoms with E-state index < -0.39 is 40.9 Å². The third kappa shape index (κ3) is 7.06. The second kappa shape index (κ2) is 13.7. The van der Waals surface area contributed by atoms with E-state index in [1.165, 1.54) is 17.1 Å². The van der Waals surface area contributed by atoms with Gasteiger partial charge in [0.15, 0.2) is 14.9 Å². The molecule has 4 N–H and O–H groups in total. The van der Waals surface area contributed by atoms with Gasteiger partial charge in [-0.3, -0.25) is 19.9 Å². The number of aromatic amines is 1. The summed E-state index contributed by atoms with van der Waals surface area (Å²) in [7, 11) is 0. The number of hydrogen-bond acceptors (Lipinski definition) is 15. The van der Waals surface area contributed by atoms with Gasteiger partial charge < -0.3 is 35.3 Å². The molecule has 4 heterocycles. The predicted molar refractivity (Wildman–Crippen MR) is 119 cm³/mol. The maximum atomic E-state index is 12.8. The molecular formula is C17H13N7Na2O7S4. The van der Waals surface area contributed by atoms with E-state index >= 15 is 0 Å². The molecule has 0 bridgehead atoms. The zero-order chi connectivity index (χ0) is 25.3. The summed E-state index contributed by atoms with van der Waals surface area (Å²) in [4.78, 5) is 51.5. The molecule has 2 amide bonds. The van der Waals surface area contributed by atoms with E-state index in [1.54, 1.807) is 0 Å². The number of thioether (sulfide) groups is 2. The fourth-order valence-corrected chi connectivity index (χ4v) is 7.21. The number of carboxylic acid groups (broad SMARTS) is 2. The van der Waals surface area contributed by atoms with E-state index in [1.807, 2.05) is 0 Å². The zero-order valence-electron chi connectivity index (χ0n) is 19.2. The van der Waals surface area contributed by atoms with Crippen LogP contribution in [0.4, 0.5) is 0 Å². The van der Waals surface area contributed by atoms with Crippen molar-refractivity contribution >= 4 is 75.7 Å². The SMILES string of the molecule is N=c1[nH]c(C(=NO)C(=O)NC2C(=O)N3C(C(=O)[O-])=C(CSc4nnc(CC(=O)[O-])s4)CS[C@@H]23)cs1.[Na+].[Na+]. The molecule has 2 aliphatic heterocycles. The molecular weight excluding hydrogens is 588 g/mol. The Bertz CT molecular complexity index is 1340. The number of nitrogens with one attached hydrogen (secondary N) is 3. The second-order valence-electron chi connectivity index (χ2n) is 6.95. The molecule has 1 unspecified atom stereocenters. The number of aromatic nitrogens is 3. The second-order valence-corrected chi connectivity index (χ2v) is 11.2. The minimum Gasteiger partial charge on any atom is -0.550 e. The molecule has 0 radical (unpaired) electrons. The number of carbonyl (C=O) groups excluding carboxylic acids is 4. The van der Waals surface area contributed by atoms with Crippen LogP contribution in [0, 0.1) is 5.41 Å². The molecule has 2 aliphatic rings. The van der Waals surface area contributed by atoms with Crippen LogP contribution in [0.1, 0.15) is 10.7 Å². The van der Waals surface area contributed by atoms with Gasteiger partial charge in [0.1, 0.15) is 16.4 Å². The van der Waals surface area contributed by atoms with Crippen molar-refractivity contribution in [2.75, 3.05) is 11.5 Å². The molecule has 37 heavy (non-hydrogen) atoms. The molecule has 14 nitrogen and oxygen atoms in total. The van der Waals surface area contributed by atoms with Crippen molar-refractivity contribution in [2.24, 2.45) is 5.16 Å². The van der Waals surface area contributed by atoms with E-state index in [2.05, 4.69) is 25.7 Å². The molecule has 0 aliphatic carbocycles. The molecule has 0 saturated carbocycles. The monoisotopic (exact) mass is 601 g/mol. The van der Waals surface area contributed by atoms with Gasteiger partial charge >= 0.3 is 59.1 Å². The molecule has 0 aromatic carbocycles. The van der Waals surface area contributed by atoms with Crippen LogP contribution in [0.5, 0.6) is 0 Å². The Balaban J connectivity index is 0.00000241. The van der Waals surface area contributed by atoms with Gasteiger partial charge in [0.25, 0.3) is 11.8 Å². The van der Waals surface area contributed by atoms with Crippen LogP contribution in [0.3, 0.4) is 0 Å². The summed E-state index contributed by atoms with van der Waals surface area (Å²) in [6.07, 6.45) is -0.379. The Morgan fingerprint density at radius 3 is 2.65 bits per heavy atom. The minimum atomic E-state index is -1.55. The molecule has 1 saturated heterocycles. The standard InChI is InChI=1S/C17H15N7O7S4.2Na/c18-16-19-6(4-33-16)9(23-31)12(27)20-10-13(28)24-11(15(29)30)5(2-32-14(10)24)3-34-17-22-21-7(35-17)1-8(25)26;;/h4,10,14,31H,1-3H2,(H2,18,19)(H,20,27)(H,25,26)(H,29,30);;/q;2*+1/p-2/t10?,14-;;/m0../s1. The van der Waals surface area contributed by atoms with Crippen LogP contribution in [-0.4, -0.2) is 77.7 Å². The van der Waals surface area contributed by atoms with Crippen LogP contribution in [0.15, 0.2) is 26.1 Å². The van der Waals surface area contributed by atoms with E-state index in [-0.39, 0.29) is 98.2 Å². The molecule has 184 valence electrons. The van der Waals surface area contributed by atoms with Crippen molar-refractivity contribution in [3.63, 3.8) is 0 Å². The Hall–Kier alpha value is -1.22. The van der Waals surface area contributed by atoms with Crippen LogP contribution < -0.4 is 79.4 Å². The number of β-lactam (4-membered cyclic amide) rings is 1. The normalized spacial score (nSPS) is 18.8. The van der Waals surface area contributed by atoms with Crippen LogP contribution in [-0.2, 0) is 25.6 Å². The van der Waals surface area contributed by atoms with Crippen molar-refractivity contribution < 1.29 is 93.7 Å². The maximum Gasteiger partial charge on any atom is 1.00 e. The molecule has 20 heteroatoms. The first-order valence-corrected chi connectivity index (χ1v) is 13.2. The zero-order valence-corrected chi connectivity index (χ0v) is 26.4. The van der Waals surface area contributed by atoms with E-state index in [0.717, 1.165) is 39.3 Å². The first-order valence-electron chi connectivity index (χ1n) is 9.48. The number of nitrogens with zero attached hydrogens (tertiary/aromatic N) is 4. The van der Waals surface area contributed by atoms with E-state index in [9.17, 15) is 34.6 Å². The summed E-state index contributed by atoms with van der Waals surface area (Å²) in [5, 5.41) is 53.2. The first-order chi connectivity index (χ1) is 16.7. The maximum absolute atomic E-state index is 12.8. The Kier molecular flexibility index (Phi) is 11.9. The van der Waals surface area contributed by atoms with Crippen LogP contribution in [0.25, 0.3) is 0 Å². The fourth-order valence-electron chi connectivity index (χ4n) is 3.27. The largest absolute Gasteiger partial charge is 1.00 e. The predicted octanol–water partition coefficient (Wildman–Crippen LogP) is -8.92. The van der Waals surface area contributed by atoms with Crippen LogP contribution >= 0.6 is 46.2 Å². The number of carboxylic acids is 2. The summed E-state index contributed by atoms with van der Waals surface area (Å²) in [5.41, 5.74) is -0.222. The van der Waals surface area contributed by atoms with Gasteiger partial charge in [-0.1, -0.05) is 28.3 Å². The van der Waals surface area contributed by atoms with Gasteiger partial charge in [-0.25, -0.2) is 0 Å². The third-order valence-corrected chi connectivity index (χ3v) is 8.93. The van der Waals surface area contributed by atoms with Gasteiger partial charge in [-0.2, -0.15) is 0 Å². The number of H-pyrrole nitrogens is 1. The number of amides is 2. The first kappa shape index (κ1) is 32.0. The van der Waals surface area contributed by atoms with Gasteiger partial charge in [0.05, 0.1) is 17.4 Å². The molecule has 2 aromatic rings. The fraction of sp³-hybridized carbons (Fsp3) is 0.294. The number of oxime groups is 1. The van der Waals surface area contributed by atoms with Crippen molar-refractivity contribution in [1.82, 2.24) is 25.4 Å². The van der Waals surface area contributed by atoms with E-state index in [4.69, 9.17) is 5.41 Å². The number of hydrogen-bond donors (Lipinski definition) is 4. The number of aliphatic carboxylic acids is 2. The topological polar surface area (TPSA) is 228 Å². The summed E-state index contributed by atoms with van der Waals surface area (Å²) in [5.74, 6) is -4.01. The molecule has 4 rings (SSSR count). The Labute approximate surface area is 268 Å². The summed E-state index contributed by atoms with van der Waals surface area (Å²) < 4.78 is 0.426. The molecule has 0 spiro atoms. The van der Waals surface area contributed by atoms with Gasteiger partial charge in [-0.05, 0) is 5.57 Å².